The topological polar surface area (TPSA) is 26.3 Å². The normalized spacial score (nSPS) is 22.3. The minimum Gasteiger partial charge on any atom is -0.457 e. The summed E-state index contributed by atoms with van der Waals surface area (Å²) in [7, 11) is 0. The van der Waals surface area contributed by atoms with Gasteiger partial charge in [-0.1, -0.05) is 58.4 Å². The maximum absolute atomic E-state index is 11.6. The standard InChI is InChI=1S/C16H13BrO2/c17-13-8-6-12(7-9-13)16-14(10-15(18)19-16)11-4-2-1-3-5-11/h1-9,14,16H,10H2/t14-,16+/m1/s1. The lowest BCUT2D eigenvalue weighted by molar-refractivity contribution is -0.141. The average Bonchev–Trinajstić information content (AvgIpc) is 2.83. The van der Waals surface area contributed by atoms with Crippen molar-refractivity contribution in [3.05, 3.63) is 70.2 Å². The summed E-state index contributed by atoms with van der Waals surface area (Å²) in [6.07, 6.45) is 0.271. The predicted molar refractivity (Wildman–Crippen MR) is 76.8 cm³/mol. The molecule has 1 fully saturated rings. The van der Waals surface area contributed by atoms with Gasteiger partial charge in [-0.15, -0.1) is 0 Å². The second kappa shape index (κ2) is 5.17. The van der Waals surface area contributed by atoms with E-state index in [0.29, 0.717) is 6.42 Å². The van der Waals surface area contributed by atoms with Crippen LogP contribution in [-0.4, -0.2) is 5.97 Å². The Morgan fingerprint density at radius 2 is 1.63 bits per heavy atom. The van der Waals surface area contributed by atoms with E-state index < -0.39 is 0 Å². The first-order valence-corrected chi connectivity index (χ1v) is 7.03. The lowest BCUT2D eigenvalue weighted by atomic mass is 9.89. The van der Waals surface area contributed by atoms with Crippen molar-refractivity contribution in [2.24, 2.45) is 0 Å². The Morgan fingerprint density at radius 1 is 0.947 bits per heavy atom. The Bertz CT molecular complexity index is 577. The van der Waals surface area contributed by atoms with Crippen LogP contribution in [0.5, 0.6) is 0 Å². The van der Waals surface area contributed by atoms with E-state index in [1.165, 1.54) is 0 Å². The van der Waals surface area contributed by atoms with Crippen LogP contribution >= 0.6 is 15.9 Å². The van der Waals surface area contributed by atoms with Crippen molar-refractivity contribution in [3.8, 4) is 0 Å². The fraction of sp³-hybridized carbons (Fsp3) is 0.188. The first kappa shape index (κ1) is 12.4. The minimum atomic E-state index is -0.178. The molecular weight excluding hydrogens is 304 g/mol. The number of carbonyl (C=O) groups excluding carboxylic acids is 1. The van der Waals surface area contributed by atoms with E-state index in [1.54, 1.807) is 0 Å². The monoisotopic (exact) mass is 316 g/mol. The molecule has 1 heterocycles. The van der Waals surface area contributed by atoms with Crippen LogP contribution in [0.2, 0.25) is 0 Å². The number of hydrogen-bond acceptors (Lipinski definition) is 2. The van der Waals surface area contributed by atoms with Gasteiger partial charge in [-0.2, -0.15) is 0 Å². The molecule has 2 aromatic rings. The number of hydrogen-bond donors (Lipinski definition) is 0. The summed E-state index contributed by atoms with van der Waals surface area (Å²) < 4.78 is 6.52. The maximum Gasteiger partial charge on any atom is 0.307 e. The number of esters is 1. The number of rotatable bonds is 2. The van der Waals surface area contributed by atoms with Crippen LogP contribution in [0.25, 0.3) is 0 Å². The van der Waals surface area contributed by atoms with E-state index in [-0.39, 0.29) is 18.0 Å². The molecule has 96 valence electrons. The molecule has 0 saturated carbocycles. The van der Waals surface area contributed by atoms with Gasteiger partial charge >= 0.3 is 5.97 Å². The molecule has 2 aromatic carbocycles. The molecule has 1 aliphatic heterocycles. The molecule has 0 amide bonds. The Balaban J connectivity index is 1.95. The second-order valence-corrected chi connectivity index (χ2v) is 5.60. The van der Waals surface area contributed by atoms with Gasteiger partial charge in [0.25, 0.3) is 0 Å². The molecule has 1 aliphatic rings. The molecule has 0 aliphatic carbocycles. The number of benzene rings is 2. The number of carbonyl (C=O) groups is 1. The average molecular weight is 317 g/mol. The van der Waals surface area contributed by atoms with E-state index in [0.717, 1.165) is 15.6 Å². The van der Waals surface area contributed by atoms with Crippen molar-refractivity contribution in [1.29, 1.82) is 0 Å². The largest absolute Gasteiger partial charge is 0.457 e. The zero-order valence-electron chi connectivity index (χ0n) is 10.3. The highest BCUT2D eigenvalue weighted by molar-refractivity contribution is 9.10. The summed E-state index contributed by atoms with van der Waals surface area (Å²) in [6, 6.07) is 18.0. The number of cyclic esters (lactones) is 1. The summed E-state index contributed by atoms with van der Waals surface area (Å²) in [6.45, 7) is 0. The van der Waals surface area contributed by atoms with E-state index in [1.807, 2.05) is 42.5 Å². The van der Waals surface area contributed by atoms with Gasteiger partial charge in [-0.25, -0.2) is 0 Å². The van der Waals surface area contributed by atoms with Gasteiger partial charge in [0.05, 0.1) is 6.42 Å². The zero-order chi connectivity index (χ0) is 13.2. The molecule has 1 saturated heterocycles. The van der Waals surface area contributed by atoms with Crippen LogP contribution < -0.4 is 0 Å². The fourth-order valence-electron chi connectivity index (χ4n) is 2.50. The minimum absolute atomic E-state index is 0.106. The van der Waals surface area contributed by atoms with Gasteiger partial charge in [0.2, 0.25) is 0 Å². The Labute approximate surface area is 120 Å². The van der Waals surface area contributed by atoms with E-state index in [4.69, 9.17) is 4.74 Å². The predicted octanol–water partition coefficient (Wildman–Crippen LogP) is 4.22. The Kier molecular flexibility index (Phi) is 3.38. The highest BCUT2D eigenvalue weighted by atomic mass is 79.9. The van der Waals surface area contributed by atoms with Gasteiger partial charge in [-0.3, -0.25) is 4.79 Å². The van der Waals surface area contributed by atoms with E-state index in [9.17, 15) is 4.79 Å². The van der Waals surface area contributed by atoms with Crippen LogP contribution in [0.3, 0.4) is 0 Å². The van der Waals surface area contributed by atoms with Gasteiger partial charge in [-0.05, 0) is 23.3 Å². The lowest BCUT2D eigenvalue weighted by Gasteiger charge is -2.18. The molecule has 19 heavy (non-hydrogen) atoms. The number of ether oxygens (including phenoxy) is 1. The highest BCUT2D eigenvalue weighted by Crippen LogP contribution is 2.42. The van der Waals surface area contributed by atoms with Gasteiger partial charge in [0.1, 0.15) is 6.10 Å². The SMILES string of the molecule is O=C1C[C@H](c2ccccc2)[C@H](c2ccc(Br)cc2)O1. The summed E-state index contributed by atoms with van der Waals surface area (Å²) in [4.78, 5) is 11.6. The van der Waals surface area contributed by atoms with Crippen molar-refractivity contribution in [2.45, 2.75) is 18.4 Å². The molecule has 0 N–H and O–H groups in total. The van der Waals surface area contributed by atoms with Crippen LogP contribution in [0.4, 0.5) is 0 Å². The zero-order valence-corrected chi connectivity index (χ0v) is 11.8. The molecule has 0 radical (unpaired) electrons. The van der Waals surface area contributed by atoms with Crippen molar-refractivity contribution in [2.75, 3.05) is 0 Å². The molecular formula is C16H13BrO2. The van der Waals surface area contributed by atoms with Crippen molar-refractivity contribution in [1.82, 2.24) is 0 Å². The van der Waals surface area contributed by atoms with Crippen LogP contribution in [-0.2, 0) is 9.53 Å². The first-order chi connectivity index (χ1) is 9.24. The summed E-state index contributed by atoms with van der Waals surface area (Å²) in [5.74, 6) is -0.0170. The van der Waals surface area contributed by atoms with Crippen LogP contribution in [0.1, 0.15) is 29.6 Å². The Morgan fingerprint density at radius 3 is 2.32 bits per heavy atom. The summed E-state index contributed by atoms with van der Waals surface area (Å²) >= 11 is 3.42. The maximum atomic E-state index is 11.6. The molecule has 0 bridgehead atoms. The molecule has 0 aromatic heterocycles. The van der Waals surface area contributed by atoms with Crippen molar-refractivity contribution < 1.29 is 9.53 Å². The quantitative estimate of drug-likeness (QED) is 0.775. The Hall–Kier alpha value is -1.61. The fourth-order valence-corrected chi connectivity index (χ4v) is 2.77. The van der Waals surface area contributed by atoms with E-state index in [2.05, 4.69) is 28.1 Å². The third-order valence-corrected chi connectivity index (χ3v) is 3.97. The smallest absolute Gasteiger partial charge is 0.307 e. The third-order valence-electron chi connectivity index (χ3n) is 3.44. The third kappa shape index (κ3) is 2.56. The molecule has 3 heteroatoms. The lowest BCUT2D eigenvalue weighted by Crippen LogP contribution is -2.06. The summed E-state index contributed by atoms with van der Waals surface area (Å²) in [5, 5.41) is 0. The molecule has 2 nitrogen and oxygen atoms in total. The molecule has 0 spiro atoms. The molecule has 2 atom stereocenters. The van der Waals surface area contributed by atoms with Crippen LogP contribution in [0.15, 0.2) is 59.1 Å². The van der Waals surface area contributed by atoms with Gasteiger partial charge < -0.3 is 4.74 Å². The highest BCUT2D eigenvalue weighted by Gasteiger charge is 2.36. The first-order valence-electron chi connectivity index (χ1n) is 6.24. The van der Waals surface area contributed by atoms with Gasteiger partial charge in [0.15, 0.2) is 0 Å². The summed E-state index contributed by atoms with van der Waals surface area (Å²) in [5.41, 5.74) is 2.20. The van der Waals surface area contributed by atoms with Crippen molar-refractivity contribution in [3.63, 3.8) is 0 Å². The number of halogens is 1. The molecule has 0 unspecified atom stereocenters. The van der Waals surface area contributed by atoms with Gasteiger partial charge in [0, 0.05) is 10.4 Å². The molecule has 3 rings (SSSR count). The van der Waals surface area contributed by atoms with Crippen molar-refractivity contribution >= 4 is 21.9 Å². The van der Waals surface area contributed by atoms with Crippen LogP contribution in [0, 0.1) is 0 Å². The second-order valence-electron chi connectivity index (χ2n) is 4.68. The van der Waals surface area contributed by atoms with E-state index >= 15 is 0 Å².